The Morgan fingerprint density at radius 3 is 2.67 bits per heavy atom. The molecular weight excluding hydrogens is 232 g/mol. The lowest BCUT2D eigenvalue weighted by molar-refractivity contribution is -0.299. The van der Waals surface area contributed by atoms with Crippen molar-refractivity contribution < 1.29 is 19.3 Å². The van der Waals surface area contributed by atoms with Gasteiger partial charge in [0.1, 0.15) is 6.10 Å². The van der Waals surface area contributed by atoms with Crippen molar-refractivity contribution in [2.75, 3.05) is 6.61 Å². The molecule has 0 bridgehead atoms. The minimum Gasteiger partial charge on any atom is -0.390 e. The second-order valence-corrected chi connectivity index (χ2v) is 4.93. The fraction of sp³-hybridized carbons (Fsp3) is 0.571. The van der Waals surface area contributed by atoms with Crippen LogP contribution in [0.1, 0.15) is 25.2 Å². The van der Waals surface area contributed by atoms with Gasteiger partial charge in [-0.15, -0.1) is 0 Å². The Hall–Kier alpha value is -0.940. The van der Waals surface area contributed by atoms with Crippen molar-refractivity contribution in [2.45, 2.75) is 44.1 Å². The summed E-state index contributed by atoms with van der Waals surface area (Å²) in [5.74, 6) is 0. The van der Waals surface area contributed by atoms with E-state index in [0.29, 0.717) is 13.0 Å². The number of aliphatic hydroxyl groups is 1. The first-order valence-electron chi connectivity index (χ1n) is 6.39. The molecule has 0 unspecified atom stereocenters. The summed E-state index contributed by atoms with van der Waals surface area (Å²) in [7, 11) is 0. The van der Waals surface area contributed by atoms with Gasteiger partial charge in [0.2, 0.25) is 0 Å². The Labute approximate surface area is 106 Å². The average Bonchev–Trinajstić information content (AvgIpc) is 2.41. The number of fused-ring (bicyclic) bond motifs is 1. The topological polar surface area (TPSA) is 47.9 Å². The molecule has 2 aliphatic rings. The maximum atomic E-state index is 9.83. The van der Waals surface area contributed by atoms with Gasteiger partial charge in [0, 0.05) is 12.0 Å². The fourth-order valence-electron chi connectivity index (χ4n) is 2.49. The van der Waals surface area contributed by atoms with E-state index in [9.17, 15) is 5.11 Å². The second-order valence-electron chi connectivity index (χ2n) is 4.93. The summed E-state index contributed by atoms with van der Waals surface area (Å²) < 4.78 is 17.3. The summed E-state index contributed by atoms with van der Waals surface area (Å²) >= 11 is 0. The molecule has 1 aromatic rings. The van der Waals surface area contributed by atoms with Crippen LogP contribution >= 0.6 is 0 Å². The lowest BCUT2D eigenvalue weighted by Gasteiger charge is -2.43. The number of rotatable bonds is 1. The van der Waals surface area contributed by atoms with E-state index in [-0.39, 0.29) is 24.6 Å². The maximum absolute atomic E-state index is 9.83. The molecule has 0 aromatic heterocycles. The molecule has 2 saturated heterocycles. The Balaban J connectivity index is 1.70. The lowest BCUT2D eigenvalue weighted by atomic mass is 9.98. The molecule has 4 heteroatoms. The zero-order valence-corrected chi connectivity index (χ0v) is 10.4. The first-order valence-corrected chi connectivity index (χ1v) is 6.39. The molecule has 4 nitrogen and oxygen atoms in total. The van der Waals surface area contributed by atoms with Crippen LogP contribution in [-0.4, -0.2) is 36.1 Å². The minimum atomic E-state index is -0.458. The van der Waals surface area contributed by atoms with Crippen molar-refractivity contribution in [3.05, 3.63) is 35.9 Å². The maximum Gasteiger partial charge on any atom is 0.184 e. The largest absolute Gasteiger partial charge is 0.390 e. The van der Waals surface area contributed by atoms with E-state index in [0.717, 1.165) is 5.56 Å². The molecule has 2 fully saturated rings. The average molecular weight is 250 g/mol. The normalized spacial score (nSPS) is 40.2. The van der Waals surface area contributed by atoms with Gasteiger partial charge in [0.25, 0.3) is 0 Å². The Kier molecular flexibility index (Phi) is 3.35. The molecule has 5 atom stereocenters. The predicted molar refractivity (Wildman–Crippen MR) is 65.0 cm³/mol. The third-order valence-electron chi connectivity index (χ3n) is 3.60. The molecular formula is C14H18O4. The Morgan fingerprint density at radius 1 is 1.11 bits per heavy atom. The van der Waals surface area contributed by atoms with Crippen LogP contribution in [0.2, 0.25) is 0 Å². The predicted octanol–water partition coefficient (Wildman–Crippen LogP) is 1.64. The van der Waals surface area contributed by atoms with Gasteiger partial charge in [0.05, 0.1) is 24.9 Å². The lowest BCUT2D eigenvalue weighted by Crippen LogP contribution is -2.52. The highest BCUT2D eigenvalue weighted by Gasteiger charge is 2.40. The number of hydrogen-bond donors (Lipinski definition) is 1. The van der Waals surface area contributed by atoms with Gasteiger partial charge in [-0.2, -0.15) is 0 Å². The van der Waals surface area contributed by atoms with Crippen LogP contribution in [0.3, 0.4) is 0 Å². The van der Waals surface area contributed by atoms with Gasteiger partial charge in [-0.05, 0) is 6.92 Å². The van der Waals surface area contributed by atoms with E-state index < -0.39 is 6.10 Å². The van der Waals surface area contributed by atoms with E-state index in [1.54, 1.807) is 0 Å². The molecule has 98 valence electrons. The van der Waals surface area contributed by atoms with Gasteiger partial charge < -0.3 is 19.3 Å². The van der Waals surface area contributed by atoms with Gasteiger partial charge in [-0.1, -0.05) is 30.3 Å². The first kappa shape index (κ1) is 12.1. The molecule has 2 aliphatic heterocycles. The van der Waals surface area contributed by atoms with E-state index >= 15 is 0 Å². The molecule has 0 amide bonds. The molecule has 0 spiro atoms. The number of aliphatic hydroxyl groups excluding tert-OH is 1. The first-order chi connectivity index (χ1) is 8.74. The summed E-state index contributed by atoms with van der Waals surface area (Å²) in [5.41, 5.74) is 1.00. The molecule has 0 saturated carbocycles. The van der Waals surface area contributed by atoms with Crippen LogP contribution < -0.4 is 0 Å². The highest BCUT2D eigenvalue weighted by Crippen LogP contribution is 2.33. The molecule has 2 heterocycles. The number of hydrogen-bond acceptors (Lipinski definition) is 4. The second kappa shape index (κ2) is 4.97. The minimum absolute atomic E-state index is 0.0663. The molecule has 0 radical (unpaired) electrons. The summed E-state index contributed by atoms with van der Waals surface area (Å²) in [6, 6.07) is 9.84. The van der Waals surface area contributed by atoms with Gasteiger partial charge >= 0.3 is 0 Å². The highest BCUT2D eigenvalue weighted by atomic mass is 16.7. The van der Waals surface area contributed by atoms with Crippen molar-refractivity contribution in [2.24, 2.45) is 0 Å². The number of benzene rings is 1. The van der Waals surface area contributed by atoms with Crippen molar-refractivity contribution in [3.63, 3.8) is 0 Å². The number of ether oxygens (including phenoxy) is 3. The third-order valence-corrected chi connectivity index (χ3v) is 3.60. The van der Waals surface area contributed by atoms with E-state index in [1.165, 1.54) is 0 Å². The van der Waals surface area contributed by atoms with Crippen LogP contribution in [-0.2, 0) is 14.2 Å². The van der Waals surface area contributed by atoms with Crippen LogP contribution in [0, 0.1) is 0 Å². The third kappa shape index (κ3) is 2.29. The van der Waals surface area contributed by atoms with Crippen molar-refractivity contribution in [3.8, 4) is 0 Å². The van der Waals surface area contributed by atoms with E-state index in [4.69, 9.17) is 14.2 Å². The van der Waals surface area contributed by atoms with Crippen molar-refractivity contribution >= 4 is 0 Å². The van der Waals surface area contributed by atoms with Gasteiger partial charge in [0.15, 0.2) is 6.29 Å². The van der Waals surface area contributed by atoms with Crippen molar-refractivity contribution in [1.29, 1.82) is 0 Å². The quantitative estimate of drug-likeness (QED) is 0.823. The van der Waals surface area contributed by atoms with Gasteiger partial charge in [-0.3, -0.25) is 0 Å². The standard InChI is InChI=1S/C14H18O4/c1-9-11(15)7-12-13(17-9)8-16-14(18-12)10-5-3-2-4-6-10/h2-6,9,11-15H,7-8H2,1H3/t9-,11+,12-,13+,14+/m0/s1. The summed E-state index contributed by atoms with van der Waals surface area (Å²) in [4.78, 5) is 0. The fourth-order valence-corrected chi connectivity index (χ4v) is 2.49. The van der Waals surface area contributed by atoms with Crippen molar-refractivity contribution in [1.82, 2.24) is 0 Å². The van der Waals surface area contributed by atoms with E-state index in [1.807, 2.05) is 37.3 Å². The molecule has 0 aliphatic carbocycles. The molecule has 18 heavy (non-hydrogen) atoms. The zero-order chi connectivity index (χ0) is 12.5. The van der Waals surface area contributed by atoms with Crippen LogP contribution in [0.25, 0.3) is 0 Å². The zero-order valence-electron chi connectivity index (χ0n) is 10.4. The summed E-state index contributed by atoms with van der Waals surface area (Å²) in [6.45, 7) is 2.39. The Morgan fingerprint density at radius 2 is 1.89 bits per heavy atom. The highest BCUT2D eigenvalue weighted by molar-refractivity contribution is 5.16. The van der Waals surface area contributed by atoms with Crippen LogP contribution in [0.4, 0.5) is 0 Å². The SMILES string of the molecule is C[C@@H]1O[C@@H]2CO[C@@H](c3ccccc3)O[C@H]2C[C@H]1O. The molecule has 1 aromatic carbocycles. The summed E-state index contributed by atoms with van der Waals surface area (Å²) in [6.07, 6.45) is -0.499. The van der Waals surface area contributed by atoms with Crippen LogP contribution in [0.15, 0.2) is 30.3 Å². The Bertz CT molecular complexity index is 394. The molecule has 3 rings (SSSR count). The van der Waals surface area contributed by atoms with E-state index in [2.05, 4.69) is 0 Å². The summed E-state index contributed by atoms with van der Waals surface area (Å²) in [5, 5.41) is 9.83. The monoisotopic (exact) mass is 250 g/mol. The smallest absolute Gasteiger partial charge is 0.184 e. The molecule has 1 N–H and O–H groups in total. The van der Waals surface area contributed by atoms with Gasteiger partial charge in [-0.25, -0.2) is 0 Å². The van der Waals surface area contributed by atoms with Crippen LogP contribution in [0.5, 0.6) is 0 Å².